The van der Waals surface area contributed by atoms with Crippen molar-refractivity contribution in [3.8, 4) is 5.75 Å². The van der Waals surface area contributed by atoms with Gasteiger partial charge in [0.2, 0.25) is 0 Å². The van der Waals surface area contributed by atoms with E-state index >= 15 is 0 Å². The highest BCUT2D eigenvalue weighted by molar-refractivity contribution is 9.10. The second-order valence-corrected chi connectivity index (χ2v) is 5.04. The Morgan fingerprint density at radius 1 is 1.53 bits per heavy atom. The van der Waals surface area contributed by atoms with Gasteiger partial charge in [-0.3, -0.25) is 0 Å². The molecule has 82 valence electrons. The first-order chi connectivity index (χ1) is 7.25. The van der Waals surface area contributed by atoms with Crippen molar-refractivity contribution >= 4 is 27.5 Å². The van der Waals surface area contributed by atoms with Crippen LogP contribution in [0.4, 0.5) is 0 Å². The molecular formula is C11H13BrClNO. The summed E-state index contributed by atoms with van der Waals surface area (Å²) in [6.45, 7) is 2.94. The molecule has 15 heavy (non-hydrogen) atoms. The normalized spacial score (nSPS) is 20.5. The van der Waals surface area contributed by atoms with Crippen molar-refractivity contribution in [3.63, 3.8) is 0 Å². The Bertz CT molecular complexity index is 339. The summed E-state index contributed by atoms with van der Waals surface area (Å²) in [5, 5.41) is 4.04. The molecule has 1 aromatic carbocycles. The maximum absolute atomic E-state index is 5.85. The van der Waals surface area contributed by atoms with Crippen LogP contribution >= 0.6 is 27.5 Å². The molecule has 0 aliphatic carbocycles. The Hall–Kier alpha value is -0.250. The van der Waals surface area contributed by atoms with E-state index in [0.717, 1.165) is 34.9 Å². The van der Waals surface area contributed by atoms with Crippen LogP contribution in [0.1, 0.15) is 6.42 Å². The van der Waals surface area contributed by atoms with E-state index in [-0.39, 0.29) is 0 Å². The summed E-state index contributed by atoms with van der Waals surface area (Å²) in [7, 11) is 0. The Morgan fingerprint density at radius 3 is 3.07 bits per heavy atom. The molecule has 1 N–H and O–H groups in total. The van der Waals surface area contributed by atoms with Gasteiger partial charge in [0.25, 0.3) is 0 Å². The van der Waals surface area contributed by atoms with E-state index in [2.05, 4.69) is 21.2 Å². The van der Waals surface area contributed by atoms with Gasteiger partial charge in [0.1, 0.15) is 5.75 Å². The summed E-state index contributed by atoms with van der Waals surface area (Å²) in [5.74, 6) is 1.50. The van der Waals surface area contributed by atoms with Gasteiger partial charge in [0.15, 0.2) is 0 Å². The largest absolute Gasteiger partial charge is 0.492 e. The lowest BCUT2D eigenvalue weighted by atomic mass is 10.1. The molecule has 0 unspecified atom stereocenters. The second-order valence-electron chi connectivity index (χ2n) is 3.74. The average molecular weight is 291 g/mol. The highest BCUT2D eigenvalue weighted by atomic mass is 79.9. The first-order valence-corrected chi connectivity index (χ1v) is 6.21. The van der Waals surface area contributed by atoms with Crippen LogP contribution in [0.25, 0.3) is 0 Å². The fraction of sp³-hybridized carbons (Fsp3) is 0.455. The molecule has 1 aliphatic heterocycles. The van der Waals surface area contributed by atoms with Crippen LogP contribution in [0.2, 0.25) is 5.02 Å². The van der Waals surface area contributed by atoms with Crippen LogP contribution in [0.15, 0.2) is 22.7 Å². The molecular weight excluding hydrogens is 277 g/mol. The monoisotopic (exact) mass is 289 g/mol. The Kier molecular flexibility index (Phi) is 3.89. The zero-order valence-electron chi connectivity index (χ0n) is 8.30. The summed E-state index contributed by atoms with van der Waals surface area (Å²) in [6, 6.07) is 5.59. The molecule has 0 radical (unpaired) electrons. The molecule has 0 aromatic heterocycles. The van der Waals surface area contributed by atoms with Crippen LogP contribution in [0.5, 0.6) is 5.75 Å². The third kappa shape index (κ3) is 3.10. The number of rotatable bonds is 3. The van der Waals surface area contributed by atoms with Gasteiger partial charge in [0.05, 0.1) is 11.1 Å². The first kappa shape index (κ1) is 11.2. The highest BCUT2D eigenvalue weighted by Gasteiger charge is 2.15. The van der Waals surface area contributed by atoms with Crippen LogP contribution in [0.3, 0.4) is 0 Å². The van der Waals surface area contributed by atoms with E-state index in [9.17, 15) is 0 Å². The molecule has 2 nitrogen and oxygen atoms in total. The summed E-state index contributed by atoms with van der Waals surface area (Å²) in [6.07, 6.45) is 1.20. The maximum Gasteiger partial charge on any atom is 0.133 e. The van der Waals surface area contributed by atoms with Crippen molar-refractivity contribution in [2.45, 2.75) is 6.42 Å². The molecule has 0 amide bonds. The van der Waals surface area contributed by atoms with E-state index in [1.54, 1.807) is 0 Å². The SMILES string of the molecule is Clc1ccc(OC[C@@H]2CCNC2)c(Br)c1. The van der Waals surface area contributed by atoms with E-state index in [0.29, 0.717) is 5.92 Å². The fourth-order valence-electron chi connectivity index (χ4n) is 1.66. The summed E-state index contributed by atoms with van der Waals surface area (Å²) >= 11 is 9.28. The van der Waals surface area contributed by atoms with Crippen LogP contribution < -0.4 is 10.1 Å². The second kappa shape index (κ2) is 5.19. The molecule has 1 saturated heterocycles. The molecule has 1 aromatic rings. The Morgan fingerprint density at radius 2 is 2.40 bits per heavy atom. The van der Waals surface area contributed by atoms with Gasteiger partial charge in [-0.2, -0.15) is 0 Å². The fourth-order valence-corrected chi connectivity index (χ4v) is 2.45. The number of hydrogen-bond acceptors (Lipinski definition) is 2. The van der Waals surface area contributed by atoms with Gasteiger partial charge < -0.3 is 10.1 Å². The van der Waals surface area contributed by atoms with Crippen LogP contribution in [-0.2, 0) is 0 Å². The van der Waals surface area contributed by atoms with Crippen molar-refractivity contribution in [2.24, 2.45) is 5.92 Å². The minimum atomic E-state index is 0.632. The minimum Gasteiger partial charge on any atom is -0.492 e. The van der Waals surface area contributed by atoms with E-state index in [4.69, 9.17) is 16.3 Å². The van der Waals surface area contributed by atoms with Crippen LogP contribution in [0, 0.1) is 5.92 Å². The predicted octanol–water partition coefficient (Wildman–Crippen LogP) is 3.09. The minimum absolute atomic E-state index is 0.632. The molecule has 4 heteroatoms. The molecule has 1 atom stereocenters. The molecule has 0 spiro atoms. The number of benzene rings is 1. The van der Waals surface area contributed by atoms with Crippen molar-refractivity contribution in [3.05, 3.63) is 27.7 Å². The lowest BCUT2D eigenvalue weighted by molar-refractivity contribution is 0.258. The van der Waals surface area contributed by atoms with E-state index in [1.165, 1.54) is 6.42 Å². The molecule has 1 heterocycles. The summed E-state index contributed by atoms with van der Waals surface area (Å²) < 4.78 is 6.65. The van der Waals surface area contributed by atoms with Gasteiger partial charge in [0, 0.05) is 17.5 Å². The quantitative estimate of drug-likeness (QED) is 0.924. The standard InChI is InChI=1S/C11H13BrClNO/c12-10-5-9(13)1-2-11(10)15-7-8-3-4-14-6-8/h1-2,5,8,14H,3-4,6-7H2/t8-/m1/s1. The predicted molar refractivity (Wildman–Crippen MR) is 65.6 cm³/mol. The number of ether oxygens (including phenoxy) is 1. The third-order valence-electron chi connectivity index (χ3n) is 2.53. The third-order valence-corrected chi connectivity index (χ3v) is 3.39. The smallest absolute Gasteiger partial charge is 0.133 e. The van der Waals surface area contributed by atoms with Gasteiger partial charge in [-0.15, -0.1) is 0 Å². The van der Waals surface area contributed by atoms with E-state index < -0.39 is 0 Å². The topological polar surface area (TPSA) is 21.3 Å². The van der Waals surface area contributed by atoms with Crippen molar-refractivity contribution in [1.29, 1.82) is 0 Å². The zero-order chi connectivity index (χ0) is 10.7. The molecule has 2 rings (SSSR count). The summed E-state index contributed by atoms with van der Waals surface area (Å²) in [5.41, 5.74) is 0. The van der Waals surface area contributed by atoms with Crippen LogP contribution in [-0.4, -0.2) is 19.7 Å². The Labute approximate surface area is 103 Å². The summed E-state index contributed by atoms with van der Waals surface area (Å²) in [4.78, 5) is 0. The van der Waals surface area contributed by atoms with Crippen molar-refractivity contribution < 1.29 is 4.74 Å². The molecule has 0 saturated carbocycles. The lowest BCUT2D eigenvalue weighted by Crippen LogP contribution is -2.15. The van der Waals surface area contributed by atoms with Gasteiger partial charge in [-0.1, -0.05) is 11.6 Å². The maximum atomic E-state index is 5.85. The molecule has 0 bridgehead atoms. The lowest BCUT2D eigenvalue weighted by Gasteiger charge is -2.12. The number of hydrogen-bond donors (Lipinski definition) is 1. The Balaban J connectivity index is 1.92. The zero-order valence-corrected chi connectivity index (χ0v) is 10.6. The van der Waals surface area contributed by atoms with E-state index in [1.807, 2.05) is 18.2 Å². The highest BCUT2D eigenvalue weighted by Crippen LogP contribution is 2.28. The average Bonchev–Trinajstić information content (AvgIpc) is 2.69. The van der Waals surface area contributed by atoms with Gasteiger partial charge in [-0.25, -0.2) is 0 Å². The van der Waals surface area contributed by atoms with Crippen molar-refractivity contribution in [1.82, 2.24) is 5.32 Å². The number of halogens is 2. The van der Waals surface area contributed by atoms with Crippen molar-refractivity contribution in [2.75, 3.05) is 19.7 Å². The first-order valence-electron chi connectivity index (χ1n) is 5.04. The number of nitrogens with one attached hydrogen (secondary N) is 1. The van der Waals surface area contributed by atoms with Gasteiger partial charge >= 0.3 is 0 Å². The molecule has 1 fully saturated rings. The molecule has 1 aliphatic rings. The van der Waals surface area contributed by atoms with Gasteiger partial charge in [-0.05, 0) is 47.1 Å².